The van der Waals surface area contributed by atoms with Gasteiger partial charge in [-0.1, -0.05) is 18.2 Å². The van der Waals surface area contributed by atoms with Crippen LogP contribution in [0.5, 0.6) is 5.75 Å². The Hall–Kier alpha value is -1.60. The predicted octanol–water partition coefficient (Wildman–Crippen LogP) is 0.691. The third-order valence-corrected chi connectivity index (χ3v) is 5.48. The van der Waals surface area contributed by atoms with Crippen molar-refractivity contribution in [3.05, 3.63) is 30.3 Å². The summed E-state index contributed by atoms with van der Waals surface area (Å²) in [5.41, 5.74) is 0. The predicted molar refractivity (Wildman–Crippen MR) is 89.3 cm³/mol. The van der Waals surface area contributed by atoms with Gasteiger partial charge in [-0.25, -0.2) is 8.42 Å². The number of amides is 1. The van der Waals surface area contributed by atoms with Crippen LogP contribution < -0.4 is 10.1 Å². The highest BCUT2D eigenvalue weighted by molar-refractivity contribution is 7.91. The Morgan fingerprint density at radius 1 is 1.35 bits per heavy atom. The van der Waals surface area contributed by atoms with Crippen LogP contribution in [0.1, 0.15) is 12.8 Å². The number of hydrogen-bond donors (Lipinski definition) is 1. The van der Waals surface area contributed by atoms with E-state index in [2.05, 4.69) is 5.32 Å². The second kappa shape index (κ2) is 8.31. The molecule has 1 fully saturated rings. The maximum atomic E-state index is 11.9. The number of nitrogens with zero attached hydrogens (tertiary/aromatic N) is 1. The quantitative estimate of drug-likeness (QED) is 0.705. The monoisotopic (exact) mass is 340 g/mol. The van der Waals surface area contributed by atoms with Gasteiger partial charge < -0.3 is 10.1 Å². The van der Waals surface area contributed by atoms with Gasteiger partial charge in [-0.3, -0.25) is 9.69 Å². The van der Waals surface area contributed by atoms with Gasteiger partial charge in [0.05, 0.1) is 24.7 Å². The number of carbonyl (C=O) groups excluding carboxylic acids is 1. The smallest absolute Gasteiger partial charge is 0.234 e. The molecule has 7 heteroatoms. The number of ether oxygens (including phenoxy) is 1. The summed E-state index contributed by atoms with van der Waals surface area (Å²) in [5.74, 6) is 0.951. The lowest BCUT2D eigenvalue weighted by atomic mass is 10.2. The van der Waals surface area contributed by atoms with Crippen molar-refractivity contribution in [3.8, 4) is 5.75 Å². The number of benzene rings is 1. The molecule has 1 saturated heterocycles. The van der Waals surface area contributed by atoms with E-state index in [1.807, 2.05) is 42.3 Å². The van der Waals surface area contributed by atoms with Crippen LogP contribution in [0.2, 0.25) is 0 Å². The van der Waals surface area contributed by atoms with Crippen molar-refractivity contribution < 1.29 is 17.9 Å². The molecular weight excluding hydrogens is 316 g/mol. The zero-order valence-corrected chi connectivity index (χ0v) is 14.2. The SMILES string of the molecule is CN(CCCOc1ccccc1)CC(=O)NC1CCS(=O)(=O)C1. The van der Waals surface area contributed by atoms with E-state index in [0.29, 0.717) is 13.0 Å². The van der Waals surface area contributed by atoms with Crippen LogP contribution >= 0.6 is 0 Å². The molecule has 0 saturated carbocycles. The van der Waals surface area contributed by atoms with Crippen molar-refractivity contribution in [3.63, 3.8) is 0 Å². The zero-order valence-electron chi connectivity index (χ0n) is 13.4. The first-order chi connectivity index (χ1) is 10.9. The van der Waals surface area contributed by atoms with Gasteiger partial charge in [-0.05, 0) is 32.0 Å². The Morgan fingerprint density at radius 2 is 2.09 bits per heavy atom. The third-order valence-electron chi connectivity index (χ3n) is 3.71. The van der Waals surface area contributed by atoms with Crippen molar-refractivity contribution in [2.75, 3.05) is 38.2 Å². The van der Waals surface area contributed by atoms with Crippen LogP contribution in [0.4, 0.5) is 0 Å². The number of para-hydroxylation sites is 1. The fourth-order valence-corrected chi connectivity index (χ4v) is 4.22. The number of sulfone groups is 1. The van der Waals surface area contributed by atoms with Gasteiger partial charge in [0.1, 0.15) is 5.75 Å². The van der Waals surface area contributed by atoms with Gasteiger partial charge in [-0.2, -0.15) is 0 Å². The first kappa shape index (κ1) is 17.7. The van der Waals surface area contributed by atoms with E-state index in [1.54, 1.807) is 0 Å². The minimum atomic E-state index is -2.96. The summed E-state index contributed by atoms with van der Waals surface area (Å²) in [5, 5.41) is 2.79. The fraction of sp³-hybridized carbons (Fsp3) is 0.562. The molecule has 128 valence electrons. The first-order valence-corrected chi connectivity index (χ1v) is 9.63. The Morgan fingerprint density at radius 3 is 2.74 bits per heavy atom. The van der Waals surface area contributed by atoms with Gasteiger partial charge in [-0.15, -0.1) is 0 Å². The summed E-state index contributed by atoms with van der Waals surface area (Å²) in [7, 11) is -1.09. The fourth-order valence-electron chi connectivity index (χ4n) is 2.55. The summed E-state index contributed by atoms with van der Waals surface area (Å²) in [6, 6.07) is 9.38. The third kappa shape index (κ3) is 6.58. The Bertz CT molecular complexity index is 604. The van der Waals surface area contributed by atoms with E-state index in [0.717, 1.165) is 18.7 Å². The van der Waals surface area contributed by atoms with Gasteiger partial charge in [0, 0.05) is 12.6 Å². The highest BCUT2D eigenvalue weighted by Gasteiger charge is 2.28. The number of likely N-dealkylation sites (N-methyl/N-ethyl adjacent to an activating group) is 1. The summed E-state index contributed by atoms with van der Waals surface area (Å²) < 4.78 is 28.3. The molecule has 1 heterocycles. The van der Waals surface area contributed by atoms with Crippen molar-refractivity contribution in [1.29, 1.82) is 0 Å². The Labute approximate surface area is 137 Å². The minimum absolute atomic E-state index is 0.0629. The van der Waals surface area contributed by atoms with E-state index in [1.165, 1.54) is 0 Å². The lowest BCUT2D eigenvalue weighted by molar-refractivity contribution is -0.122. The highest BCUT2D eigenvalue weighted by atomic mass is 32.2. The zero-order chi connectivity index (χ0) is 16.7. The topological polar surface area (TPSA) is 75.7 Å². The Kier molecular flexibility index (Phi) is 6.41. The van der Waals surface area contributed by atoms with Crippen molar-refractivity contribution in [2.24, 2.45) is 0 Å². The largest absolute Gasteiger partial charge is 0.494 e. The lowest BCUT2D eigenvalue weighted by Crippen LogP contribution is -2.41. The van der Waals surface area contributed by atoms with Crippen molar-refractivity contribution >= 4 is 15.7 Å². The number of nitrogens with one attached hydrogen (secondary N) is 1. The lowest BCUT2D eigenvalue weighted by Gasteiger charge is -2.18. The van der Waals surface area contributed by atoms with Crippen molar-refractivity contribution in [2.45, 2.75) is 18.9 Å². The van der Waals surface area contributed by atoms with E-state index in [-0.39, 0.29) is 30.0 Å². The first-order valence-electron chi connectivity index (χ1n) is 7.81. The molecule has 6 nitrogen and oxygen atoms in total. The van der Waals surface area contributed by atoms with E-state index in [4.69, 9.17) is 4.74 Å². The Balaban J connectivity index is 1.59. The molecule has 1 atom stereocenters. The number of hydrogen-bond acceptors (Lipinski definition) is 5. The molecule has 1 amide bonds. The van der Waals surface area contributed by atoms with Crippen LogP contribution in [-0.2, 0) is 14.6 Å². The average Bonchev–Trinajstić information content (AvgIpc) is 2.83. The molecule has 23 heavy (non-hydrogen) atoms. The molecule has 0 aromatic heterocycles. The molecular formula is C16H24N2O4S. The van der Waals surface area contributed by atoms with E-state index >= 15 is 0 Å². The van der Waals surface area contributed by atoms with Gasteiger partial charge in [0.15, 0.2) is 9.84 Å². The maximum absolute atomic E-state index is 11.9. The van der Waals surface area contributed by atoms with Gasteiger partial charge in [0.2, 0.25) is 5.91 Å². The maximum Gasteiger partial charge on any atom is 0.234 e. The molecule has 1 aromatic carbocycles. The second-order valence-corrected chi connectivity index (χ2v) is 8.15. The molecule has 0 spiro atoms. The minimum Gasteiger partial charge on any atom is -0.494 e. The van der Waals surface area contributed by atoms with Crippen molar-refractivity contribution in [1.82, 2.24) is 10.2 Å². The molecule has 1 N–H and O–H groups in total. The molecule has 1 aliphatic heterocycles. The van der Waals surface area contributed by atoms with Gasteiger partial charge >= 0.3 is 0 Å². The molecule has 0 radical (unpaired) electrons. The van der Waals surface area contributed by atoms with Crippen LogP contribution in [0.25, 0.3) is 0 Å². The normalized spacial score (nSPS) is 19.7. The second-order valence-electron chi connectivity index (χ2n) is 5.92. The van der Waals surface area contributed by atoms with Crippen LogP contribution in [0.3, 0.4) is 0 Å². The standard InChI is InChI=1S/C16H24N2O4S/c1-18(9-5-10-22-15-6-3-2-4-7-15)12-16(19)17-14-8-11-23(20,21)13-14/h2-4,6-7,14H,5,8-13H2,1H3,(H,17,19). The molecule has 0 aliphatic carbocycles. The summed E-state index contributed by atoms with van der Waals surface area (Å²) in [6.45, 7) is 1.60. The number of carbonyl (C=O) groups is 1. The molecule has 1 aromatic rings. The average molecular weight is 340 g/mol. The molecule has 1 unspecified atom stereocenters. The molecule has 2 rings (SSSR count). The molecule has 0 bridgehead atoms. The van der Waals surface area contributed by atoms with E-state index < -0.39 is 9.84 Å². The molecule has 1 aliphatic rings. The number of rotatable bonds is 8. The highest BCUT2D eigenvalue weighted by Crippen LogP contribution is 2.11. The van der Waals surface area contributed by atoms with Gasteiger partial charge in [0.25, 0.3) is 0 Å². The van der Waals surface area contributed by atoms with Crippen LogP contribution in [0.15, 0.2) is 30.3 Å². The van der Waals surface area contributed by atoms with E-state index in [9.17, 15) is 13.2 Å². The summed E-state index contributed by atoms with van der Waals surface area (Å²) in [6.07, 6.45) is 1.33. The van der Waals surface area contributed by atoms with Crippen LogP contribution in [0, 0.1) is 0 Å². The van der Waals surface area contributed by atoms with Crippen LogP contribution in [-0.4, -0.2) is 63.5 Å². The summed E-state index contributed by atoms with van der Waals surface area (Å²) >= 11 is 0. The summed E-state index contributed by atoms with van der Waals surface area (Å²) in [4.78, 5) is 13.8.